The molecule has 0 aliphatic rings. The SMILES string of the molecule is C.CCN(c1cncnc1)c1cncc(NC(=O)c2cccc(C)c2)c1.Cc1cccc(C(=O)Nc2cc(N(C)c3cncnc3)ccn2)c1.Cc1cccc(C(=O)Nc2cccc(Oc3cccnc3)n2)c1.Cc1cccc(C(=O)Nc2cccc(Oc3cncnc3)n2)c1.Cc1cccc(C(=O)Nc2cccc(Oc3cncnc3)n2)c1.Cc1ccnc(C(=O)Nc2cncc(Oc3cncnc3)c2)c1. The second-order valence-corrected chi connectivity index (χ2v) is 30.4. The topological polar surface area (TPSA) is 450 Å². The molecule has 0 saturated carbocycles. The highest BCUT2D eigenvalue weighted by Crippen LogP contribution is 2.30. The van der Waals surface area contributed by atoms with Gasteiger partial charge in [0, 0.05) is 96.0 Å². The minimum Gasteiger partial charge on any atom is -0.452 e. The number of benzene rings is 5. The van der Waals surface area contributed by atoms with Gasteiger partial charge in [-0.2, -0.15) is 15.0 Å². The summed E-state index contributed by atoms with van der Waals surface area (Å²) in [5, 5.41) is 16.7. The summed E-state index contributed by atoms with van der Waals surface area (Å²) in [5.74, 6) is 4.00. The first kappa shape index (κ1) is 101. The molecule has 13 heterocycles. The van der Waals surface area contributed by atoms with E-state index in [0.717, 1.165) is 62.7 Å². The van der Waals surface area contributed by atoms with Crippen LogP contribution in [0, 0.1) is 41.5 Å². The Balaban J connectivity index is 0.000000152. The molecule has 13 aromatic heterocycles. The van der Waals surface area contributed by atoms with Crippen LogP contribution in [0.3, 0.4) is 0 Å². The quantitative estimate of drug-likeness (QED) is 0.0309. The lowest BCUT2D eigenvalue weighted by molar-refractivity contribution is 0.101. The first-order chi connectivity index (χ1) is 68.6. The predicted molar refractivity (Wildman–Crippen MR) is 540 cm³/mol. The standard InChI is InChI=1S/C19H19N5O.C18H17N5O.C18H15N3O2.2C17H14N4O2.C16H13N5O2.CH4/c1-3-24(18-11-21-13-22-12-18)17-8-16(9-20-10-17)23-19(25)15-6-4-5-14(2)7-15;1-13-4-3-5-14(8-13)18(24)22-17-9-15(6-7-21-17)23(2)16-10-19-12-20-11-16;1-13-5-2-6-14(11-13)18(22)21-16-8-3-9-17(20-16)23-15-7-4-10-19-12-15;2*1-12-4-2-5-13(8-12)17(22)21-15-6-3-7-16(20-15)23-14-9-18-11-19-10-14;1-11-2-3-20-15(4-11)16(22)21-12-5-13(7-17-6-12)23-14-8-18-10-19-9-14;/h4-13H,3H2,1-2H3,(H,23,25);3-12H,1-2H3,(H,21,22,24);2-12H,1H3,(H,20,21,22);2*2-11H,1H3,(H,20,21,22);2-10H,1H3,(H,21,22);1H4. The lowest BCUT2D eigenvalue weighted by Crippen LogP contribution is -2.17. The molecule has 0 atom stereocenters. The van der Waals surface area contributed by atoms with Crippen LogP contribution in [0.15, 0.2) is 368 Å². The molecule has 0 bridgehead atoms. The zero-order valence-corrected chi connectivity index (χ0v) is 77.4. The van der Waals surface area contributed by atoms with Gasteiger partial charge in [-0.05, 0) is 169 Å². The molecule has 0 unspecified atom stereocenters. The van der Waals surface area contributed by atoms with Crippen LogP contribution >= 0.6 is 0 Å². The molecule has 36 nitrogen and oxygen atoms in total. The minimum absolute atomic E-state index is 0. The zero-order valence-electron chi connectivity index (χ0n) is 77.4. The number of carbonyl (C=O) groups is 6. The number of nitrogens with one attached hydrogen (secondary N) is 6. The molecule has 18 aromatic rings. The van der Waals surface area contributed by atoms with Crippen LogP contribution in [0.5, 0.6) is 46.4 Å². The van der Waals surface area contributed by atoms with Crippen molar-refractivity contribution in [3.63, 3.8) is 0 Å². The smallest absolute Gasteiger partial charge is 0.274 e. The lowest BCUT2D eigenvalue weighted by Gasteiger charge is -2.22. The molecule has 5 aromatic carbocycles. The van der Waals surface area contributed by atoms with Crippen LogP contribution in [-0.4, -0.2) is 139 Å². The van der Waals surface area contributed by atoms with Crippen LogP contribution < -0.4 is 60.6 Å². The minimum atomic E-state index is -0.310. The Morgan fingerprint density at radius 2 is 0.613 bits per heavy atom. The Kier molecular flexibility index (Phi) is 37.3. The highest BCUT2D eigenvalue weighted by molar-refractivity contribution is 6.07. The van der Waals surface area contributed by atoms with Crippen LogP contribution in [-0.2, 0) is 0 Å². The summed E-state index contributed by atoms with van der Waals surface area (Å²) in [7, 11) is 1.90. The highest BCUT2D eigenvalue weighted by Gasteiger charge is 2.18. The summed E-state index contributed by atoms with van der Waals surface area (Å²) >= 11 is 0. The lowest BCUT2D eigenvalue weighted by atomic mass is 10.1. The van der Waals surface area contributed by atoms with E-state index in [-0.39, 0.29) is 42.9 Å². The van der Waals surface area contributed by atoms with E-state index < -0.39 is 0 Å². The number of aryl methyl sites for hydroxylation is 6. The Morgan fingerprint density at radius 1 is 0.268 bits per heavy atom. The van der Waals surface area contributed by atoms with Gasteiger partial charge >= 0.3 is 0 Å². The summed E-state index contributed by atoms with van der Waals surface area (Å²) in [4.78, 5) is 150. The third-order valence-electron chi connectivity index (χ3n) is 19.3. The van der Waals surface area contributed by atoms with Gasteiger partial charge < -0.3 is 60.6 Å². The summed E-state index contributed by atoms with van der Waals surface area (Å²) < 4.78 is 22.2. The Hall–Kier alpha value is -19.7. The fourth-order valence-corrected chi connectivity index (χ4v) is 12.7. The van der Waals surface area contributed by atoms with E-state index in [2.05, 4.69) is 122 Å². The monoisotopic (exact) mass is 1890 g/mol. The molecule has 0 saturated heterocycles. The fourth-order valence-electron chi connectivity index (χ4n) is 12.7. The second-order valence-electron chi connectivity index (χ2n) is 30.4. The normalized spacial score (nSPS) is 10.1. The second kappa shape index (κ2) is 52.3. The van der Waals surface area contributed by atoms with Gasteiger partial charge in [-0.1, -0.05) is 114 Å². The van der Waals surface area contributed by atoms with Crippen molar-refractivity contribution in [2.24, 2.45) is 0 Å². The van der Waals surface area contributed by atoms with E-state index in [1.807, 2.05) is 175 Å². The largest absolute Gasteiger partial charge is 0.452 e. The fraction of sp³-hybridized carbons (Fsp3) is 0.0943. The molecule has 0 radical (unpaired) electrons. The van der Waals surface area contributed by atoms with E-state index in [9.17, 15) is 28.8 Å². The number of amides is 6. The maximum atomic E-state index is 12.4. The van der Waals surface area contributed by atoms with Gasteiger partial charge in [0.25, 0.3) is 35.4 Å². The molecule has 0 aliphatic carbocycles. The zero-order chi connectivity index (χ0) is 98.9. The Labute approximate surface area is 817 Å². The molecule has 6 N–H and O–H groups in total. The third kappa shape index (κ3) is 32.3. The summed E-state index contributed by atoms with van der Waals surface area (Å²) in [6.45, 7) is 14.4. The number of aromatic nitrogens is 18. The van der Waals surface area contributed by atoms with Gasteiger partial charge in [-0.3, -0.25) is 48.7 Å². The van der Waals surface area contributed by atoms with Crippen molar-refractivity contribution in [1.82, 2.24) is 89.7 Å². The van der Waals surface area contributed by atoms with Gasteiger partial charge in [0.1, 0.15) is 72.1 Å². The van der Waals surface area contributed by atoms with Crippen LogP contribution in [0.4, 0.5) is 57.4 Å². The van der Waals surface area contributed by atoms with Gasteiger partial charge in [-0.15, -0.1) is 0 Å². The predicted octanol–water partition coefficient (Wildman–Crippen LogP) is 20.3. The van der Waals surface area contributed by atoms with Gasteiger partial charge in [0.05, 0.1) is 121 Å². The maximum absolute atomic E-state index is 12.4. The van der Waals surface area contributed by atoms with Crippen molar-refractivity contribution >= 4 is 92.8 Å². The Morgan fingerprint density at radius 3 is 1.03 bits per heavy atom. The van der Waals surface area contributed by atoms with E-state index in [1.165, 1.54) is 81.2 Å². The number of pyridine rings is 8. The molecule has 6 amide bonds. The maximum Gasteiger partial charge on any atom is 0.274 e. The first-order valence-corrected chi connectivity index (χ1v) is 43.4. The number of carbonyl (C=O) groups excluding carboxylic acids is 6. The van der Waals surface area contributed by atoms with E-state index in [1.54, 1.807) is 177 Å². The average molecular weight is 1890 g/mol. The first-order valence-electron chi connectivity index (χ1n) is 43.4. The van der Waals surface area contributed by atoms with Crippen LogP contribution in [0.2, 0.25) is 0 Å². The van der Waals surface area contributed by atoms with Crippen LogP contribution in [0.25, 0.3) is 0 Å². The average Bonchev–Trinajstić information content (AvgIpc) is 0.824. The van der Waals surface area contributed by atoms with Crippen molar-refractivity contribution in [3.8, 4) is 46.4 Å². The number of hydrogen-bond donors (Lipinski definition) is 6. The molecule has 0 aliphatic heterocycles. The van der Waals surface area contributed by atoms with Crippen molar-refractivity contribution in [2.45, 2.75) is 55.9 Å². The number of hydrogen-bond acceptors (Lipinski definition) is 30. The summed E-state index contributed by atoms with van der Waals surface area (Å²) in [6, 6.07) is 66.7. The van der Waals surface area contributed by atoms with Crippen molar-refractivity contribution in [2.75, 3.05) is 55.3 Å². The molecule has 0 fully saturated rings. The molecule has 36 heteroatoms. The summed E-state index contributed by atoms with van der Waals surface area (Å²) in [6.07, 6.45) is 36.3. The molecular formula is C106H96N26O10. The van der Waals surface area contributed by atoms with Crippen molar-refractivity contribution in [3.05, 3.63) is 435 Å². The molecule has 0 spiro atoms. The molecule has 710 valence electrons. The van der Waals surface area contributed by atoms with Gasteiger partial charge in [-0.25, -0.2) is 54.8 Å². The van der Waals surface area contributed by atoms with E-state index >= 15 is 0 Å². The number of ether oxygens (including phenoxy) is 4. The number of anilines is 10. The van der Waals surface area contributed by atoms with Crippen LogP contribution in [0.1, 0.15) is 110 Å². The van der Waals surface area contributed by atoms with E-state index in [0.29, 0.717) is 115 Å². The third-order valence-corrected chi connectivity index (χ3v) is 19.3. The molecule has 142 heavy (non-hydrogen) atoms. The highest BCUT2D eigenvalue weighted by atomic mass is 16.5. The van der Waals surface area contributed by atoms with Gasteiger partial charge in [0.2, 0.25) is 17.6 Å². The number of nitrogens with zero attached hydrogens (tertiary/aromatic N) is 20. The van der Waals surface area contributed by atoms with Crippen molar-refractivity contribution < 1.29 is 47.7 Å². The molecular weight excluding hydrogens is 1800 g/mol. The number of rotatable bonds is 25. The van der Waals surface area contributed by atoms with Gasteiger partial charge in [0.15, 0.2) is 17.2 Å². The molecule has 18 rings (SSSR count). The van der Waals surface area contributed by atoms with E-state index in [4.69, 9.17) is 18.9 Å². The Bertz CT molecular complexity index is 6650. The van der Waals surface area contributed by atoms with Crippen molar-refractivity contribution in [1.29, 1.82) is 0 Å². The summed E-state index contributed by atoms with van der Waals surface area (Å²) in [5.41, 5.74) is 14.0.